The van der Waals surface area contributed by atoms with Crippen LogP contribution in [0, 0.1) is 0 Å². The molecule has 3 aromatic carbocycles. The minimum absolute atomic E-state index is 0.0888. The third-order valence-electron chi connectivity index (χ3n) is 5.22. The van der Waals surface area contributed by atoms with Crippen LogP contribution in [0.25, 0.3) is 33.7 Å². The second kappa shape index (κ2) is 7.71. The monoisotopic (exact) mass is 399 g/mol. The predicted molar refractivity (Wildman–Crippen MR) is 120 cm³/mol. The fourth-order valence-corrected chi connectivity index (χ4v) is 3.39. The smallest absolute Gasteiger partial charge is 0.167 e. The molecule has 0 unspecified atom stereocenters. The lowest BCUT2D eigenvalue weighted by molar-refractivity contribution is 0.414. The zero-order valence-electron chi connectivity index (χ0n) is 17.6. The maximum absolute atomic E-state index is 11.1. The third kappa shape index (κ3) is 3.81. The molecule has 4 rings (SSSR count). The standard InChI is InChI=1S/C26H25NO3/c1-26(2,3)19-14-21(17-8-6-5-7-9-17)25(28)22(15-19)23-16-24(30-27-23)18-10-12-20(29-4)13-11-18/h5-16,28H,1-4H3. The van der Waals surface area contributed by atoms with Crippen molar-refractivity contribution >= 4 is 0 Å². The average molecular weight is 399 g/mol. The molecule has 0 amide bonds. The third-order valence-corrected chi connectivity index (χ3v) is 5.22. The van der Waals surface area contributed by atoms with Crippen LogP contribution in [0.5, 0.6) is 11.5 Å². The van der Waals surface area contributed by atoms with E-state index in [9.17, 15) is 5.11 Å². The van der Waals surface area contributed by atoms with Crippen LogP contribution in [0.2, 0.25) is 0 Å². The molecule has 1 heterocycles. The Labute approximate surface area is 176 Å². The largest absolute Gasteiger partial charge is 0.507 e. The summed E-state index contributed by atoms with van der Waals surface area (Å²) in [6.07, 6.45) is 0. The summed E-state index contributed by atoms with van der Waals surface area (Å²) in [6, 6.07) is 23.4. The van der Waals surface area contributed by atoms with Gasteiger partial charge in [-0.3, -0.25) is 0 Å². The molecule has 30 heavy (non-hydrogen) atoms. The Bertz CT molecular complexity index is 1150. The Morgan fingerprint density at radius 2 is 1.50 bits per heavy atom. The Balaban J connectivity index is 1.83. The normalized spacial score (nSPS) is 11.5. The van der Waals surface area contributed by atoms with Crippen molar-refractivity contribution in [3.63, 3.8) is 0 Å². The minimum Gasteiger partial charge on any atom is -0.507 e. The molecule has 1 N–H and O–H groups in total. The van der Waals surface area contributed by atoms with Gasteiger partial charge in [0.05, 0.1) is 7.11 Å². The van der Waals surface area contributed by atoms with Gasteiger partial charge in [0.25, 0.3) is 0 Å². The molecule has 0 bridgehead atoms. The molecule has 0 radical (unpaired) electrons. The fraction of sp³-hybridized carbons (Fsp3) is 0.192. The number of ether oxygens (including phenoxy) is 1. The van der Waals surface area contributed by atoms with E-state index in [1.54, 1.807) is 7.11 Å². The topological polar surface area (TPSA) is 55.5 Å². The molecule has 1 aromatic heterocycles. The number of aromatic nitrogens is 1. The fourth-order valence-electron chi connectivity index (χ4n) is 3.39. The van der Waals surface area contributed by atoms with Gasteiger partial charge in [0.2, 0.25) is 0 Å². The van der Waals surface area contributed by atoms with Crippen LogP contribution < -0.4 is 4.74 Å². The highest BCUT2D eigenvalue weighted by Gasteiger charge is 2.22. The van der Waals surface area contributed by atoms with Crippen molar-refractivity contribution in [2.45, 2.75) is 26.2 Å². The molecule has 0 saturated heterocycles. The van der Waals surface area contributed by atoms with E-state index in [4.69, 9.17) is 9.26 Å². The number of hydrogen-bond acceptors (Lipinski definition) is 4. The van der Waals surface area contributed by atoms with Crippen molar-refractivity contribution in [3.05, 3.63) is 78.4 Å². The maximum atomic E-state index is 11.1. The minimum atomic E-state index is -0.0888. The van der Waals surface area contributed by atoms with E-state index in [-0.39, 0.29) is 11.2 Å². The van der Waals surface area contributed by atoms with Crippen molar-refractivity contribution in [2.75, 3.05) is 7.11 Å². The van der Waals surface area contributed by atoms with Crippen molar-refractivity contribution in [1.29, 1.82) is 0 Å². The molecule has 0 fully saturated rings. The summed E-state index contributed by atoms with van der Waals surface area (Å²) < 4.78 is 10.8. The Morgan fingerprint density at radius 3 is 2.13 bits per heavy atom. The second-order valence-corrected chi connectivity index (χ2v) is 8.34. The summed E-state index contributed by atoms with van der Waals surface area (Å²) >= 11 is 0. The van der Waals surface area contributed by atoms with Crippen LogP contribution in [-0.2, 0) is 5.41 Å². The van der Waals surface area contributed by atoms with Crippen molar-refractivity contribution in [3.8, 4) is 45.2 Å². The van der Waals surface area contributed by atoms with Gasteiger partial charge in [0.15, 0.2) is 5.76 Å². The Kier molecular flexibility index (Phi) is 5.08. The molecule has 0 aliphatic rings. The van der Waals surface area contributed by atoms with Gasteiger partial charge in [-0.1, -0.05) is 56.3 Å². The van der Waals surface area contributed by atoms with Gasteiger partial charge in [-0.25, -0.2) is 0 Å². The van der Waals surface area contributed by atoms with Gasteiger partial charge in [0.1, 0.15) is 17.2 Å². The maximum Gasteiger partial charge on any atom is 0.167 e. The average Bonchev–Trinajstić information content (AvgIpc) is 3.24. The molecule has 4 aromatic rings. The molecule has 0 aliphatic heterocycles. The van der Waals surface area contributed by atoms with Gasteiger partial charge in [-0.15, -0.1) is 0 Å². The van der Waals surface area contributed by atoms with Gasteiger partial charge in [-0.05, 0) is 52.9 Å². The summed E-state index contributed by atoms with van der Waals surface area (Å²) in [5.74, 6) is 1.61. The molecule has 4 heteroatoms. The summed E-state index contributed by atoms with van der Waals surface area (Å²) in [7, 11) is 1.64. The number of rotatable bonds is 4. The number of phenols is 1. The van der Waals surface area contributed by atoms with E-state index in [0.29, 0.717) is 17.0 Å². The molecule has 0 spiro atoms. The number of benzene rings is 3. The highest BCUT2D eigenvalue weighted by atomic mass is 16.5. The van der Waals surface area contributed by atoms with Crippen LogP contribution in [0.4, 0.5) is 0 Å². The summed E-state index contributed by atoms with van der Waals surface area (Å²) in [5, 5.41) is 15.4. The van der Waals surface area contributed by atoms with Crippen LogP contribution in [-0.4, -0.2) is 17.4 Å². The molecule has 152 valence electrons. The first-order valence-electron chi connectivity index (χ1n) is 9.91. The summed E-state index contributed by atoms with van der Waals surface area (Å²) in [6.45, 7) is 6.47. The molecular weight excluding hydrogens is 374 g/mol. The lowest BCUT2D eigenvalue weighted by Gasteiger charge is -2.22. The number of methoxy groups -OCH3 is 1. The second-order valence-electron chi connectivity index (χ2n) is 8.34. The van der Waals surface area contributed by atoms with Gasteiger partial charge in [0, 0.05) is 22.8 Å². The molecule has 0 aliphatic carbocycles. The van der Waals surface area contributed by atoms with Crippen LogP contribution in [0.1, 0.15) is 26.3 Å². The Hall–Kier alpha value is -3.53. The zero-order valence-corrected chi connectivity index (χ0v) is 17.6. The highest BCUT2D eigenvalue weighted by molar-refractivity contribution is 5.83. The first-order chi connectivity index (χ1) is 14.4. The van der Waals surface area contributed by atoms with Crippen LogP contribution in [0.3, 0.4) is 0 Å². The van der Waals surface area contributed by atoms with Crippen molar-refractivity contribution < 1.29 is 14.4 Å². The van der Waals surface area contributed by atoms with E-state index < -0.39 is 0 Å². The molecule has 4 nitrogen and oxygen atoms in total. The zero-order chi connectivity index (χ0) is 21.3. The van der Waals surface area contributed by atoms with E-state index in [2.05, 4.69) is 32.0 Å². The van der Waals surface area contributed by atoms with Crippen LogP contribution >= 0.6 is 0 Å². The summed E-state index contributed by atoms with van der Waals surface area (Å²) in [5.41, 5.74) is 4.92. The summed E-state index contributed by atoms with van der Waals surface area (Å²) in [4.78, 5) is 0. The quantitative estimate of drug-likeness (QED) is 0.415. The van der Waals surface area contributed by atoms with Crippen LogP contribution in [0.15, 0.2) is 77.3 Å². The number of phenolic OH excluding ortho intramolecular Hbond substituents is 1. The van der Waals surface area contributed by atoms with Gasteiger partial charge < -0.3 is 14.4 Å². The molecular formula is C26H25NO3. The highest BCUT2D eigenvalue weighted by Crippen LogP contribution is 2.42. The molecule has 0 atom stereocenters. The lowest BCUT2D eigenvalue weighted by Crippen LogP contribution is -2.11. The first kappa shape index (κ1) is 19.8. The van der Waals surface area contributed by atoms with Gasteiger partial charge >= 0.3 is 0 Å². The van der Waals surface area contributed by atoms with E-state index in [0.717, 1.165) is 28.0 Å². The Morgan fingerprint density at radius 1 is 0.833 bits per heavy atom. The van der Waals surface area contributed by atoms with Gasteiger partial charge in [-0.2, -0.15) is 0 Å². The first-order valence-corrected chi connectivity index (χ1v) is 9.91. The van der Waals surface area contributed by atoms with Crippen molar-refractivity contribution in [1.82, 2.24) is 5.16 Å². The SMILES string of the molecule is COc1ccc(-c2cc(-c3cc(C(C)(C)C)cc(-c4ccccc4)c3O)no2)cc1. The number of hydrogen-bond donors (Lipinski definition) is 1. The van der Waals surface area contributed by atoms with Crippen molar-refractivity contribution in [2.24, 2.45) is 0 Å². The lowest BCUT2D eigenvalue weighted by atomic mass is 9.83. The molecule has 0 saturated carbocycles. The van der Waals surface area contributed by atoms with E-state index >= 15 is 0 Å². The van der Waals surface area contributed by atoms with E-state index in [1.165, 1.54) is 0 Å². The number of nitrogens with zero attached hydrogens (tertiary/aromatic N) is 1. The number of aromatic hydroxyl groups is 1. The predicted octanol–water partition coefficient (Wildman–Crippen LogP) is 6.69. The van der Waals surface area contributed by atoms with E-state index in [1.807, 2.05) is 66.7 Å².